The van der Waals surface area contributed by atoms with Gasteiger partial charge in [-0.15, -0.1) is 11.3 Å². The van der Waals surface area contributed by atoms with Crippen molar-refractivity contribution in [1.82, 2.24) is 5.32 Å². The maximum absolute atomic E-state index is 12.3. The third-order valence-corrected chi connectivity index (χ3v) is 5.45. The van der Waals surface area contributed by atoms with Gasteiger partial charge in [0.25, 0.3) is 5.91 Å². The zero-order valence-electron chi connectivity index (χ0n) is 18.0. The number of nitrogens with zero attached hydrogens (tertiary/aromatic N) is 1. The summed E-state index contributed by atoms with van der Waals surface area (Å²) in [7, 11) is 1.46. The van der Waals surface area contributed by atoms with Crippen LogP contribution in [-0.4, -0.2) is 25.5 Å². The highest BCUT2D eigenvalue weighted by atomic mass is 32.1. The molecule has 0 aliphatic carbocycles. The van der Waals surface area contributed by atoms with E-state index in [4.69, 9.17) is 9.47 Å². The van der Waals surface area contributed by atoms with Gasteiger partial charge in [-0.25, -0.2) is 4.79 Å². The average Bonchev–Trinajstić information content (AvgIpc) is 3.32. The van der Waals surface area contributed by atoms with Crippen molar-refractivity contribution in [3.8, 4) is 17.6 Å². The number of rotatable bonds is 12. The lowest BCUT2D eigenvalue weighted by molar-refractivity contribution is -0.117. The Morgan fingerprint density at radius 1 is 1.13 bits per heavy atom. The molecule has 164 valence electrons. The van der Waals surface area contributed by atoms with Crippen molar-refractivity contribution in [1.29, 1.82) is 5.26 Å². The van der Waals surface area contributed by atoms with Crippen LogP contribution in [-0.2, 0) is 4.79 Å². The van der Waals surface area contributed by atoms with Crippen molar-refractivity contribution < 1.29 is 19.1 Å². The number of methoxy groups -OCH3 is 1. The molecule has 0 saturated carbocycles. The SMILES string of the molecule is CCCCCCCCNC(=O)C(C#N)=Cc1ccc(OC(=O)c2cccs2)c(OC)c1. The number of thiophene rings is 1. The normalized spacial score (nSPS) is 10.9. The van der Waals surface area contributed by atoms with Gasteiger partial charge in [0.15, 0.2) is 11.5 Å². The highest BCUT2D eigenvalue weighted by molar-refractivity contribution is 7.12. The molecule has 0 fully saturated rings. The second kappa shape index (κ2) is 13.2. The number of ether oxygens (including phenoxy) is 2. The molecule has 2 aromatic rings. The average molecular weight is 441 g/mol. The molecule has 1 amide bonds. The van der Waals surface area contributed by atoms with Crippen molar-refractivity contribution >= 4 is 29.3 Å². The second-order valence-electron chi connectivity index (χ2n) is 6.97. The van der Waals surface area contributed by atoms with E-state index in [-0.39, 0.29) is 11.3 Å². The summed E-state index contributed by atoms with van der Waals surface area (Å²) in [5.41, 5.74) is 0.607. The molecule has 0 saturated heterocycles. The topological polar surface area (TPSA) is 88.4 Å². The predicted octanol–water partition coefficient (Wildman–Crippen LogP) is 5.36. The first kappa shape index (κ1) is 24.2. The van der Waals surface area contributed by atoms with Crippen LogP contribution in [0.3, 0.4) is 0 Å². The molecule has 1 aromatic heterocycles. The molecular formula is C24H28N2O4S. The van der Waals surface area contributed by atoms with Gasteiger partial charge in [-0.2, -0.15) is 5.26 Å². The molecule has 0 bridgehead atoms. The van der Waals surface area contributed by atoms with E-state index >= 15 is 0 Å². The van der Waals surface area contributed by atoms with Crippen LogP contribution in [0.1, 0.15) is 60.7 Å². The van der Waals surface area contributed by atoms with Crippen LogP contribution in [0, 0.1) is 11.3 Å². The van der Waals surface area contributed by atoms with Gasteiger partial charge in [0.05, 0.1) is 7.11 Å². The molecule has 0 aliphatic heterocycles. The lowest BCUT2D eigenvalue weighted by Gasteiger charge is -2.10. The number of esters is 1. The van der Waals surface area contributed by atoms with E-state index in [1.54, 1.807) is 35.7 Å². The Kier molecular flexibility index (Phi) is 10.3. The summed E-state index contributed by atoms with van der Waals surface area (Å²) >= 11 is 1.29. The number of carbonyl (C=O) groups excluding carboxylic acids is 2. The third kappa shape index (κ3) is 7.91. The molecule has 1 aromatic carbocycles. The van der Waals surface area contributed by atoms with Gasteiger partial charge >= 0.3 is 5.97 Å². The number of amides is 1. The quantitative estimate of drug-likeness (QED) is 0.158. The maximum atomic E-state index is 12.3. The standard InChI is InChI=1S/C24H28N2O4S/c1-3-4-5-6-7-8-13-26-23(27)19(17-25)15-18-11-12-20(21(16-18)29-2)30-24(28)22-10-9-14-31-22/h9-12,14-16H,3-8,13H2,1-2H3,(H,26,27). The highest BCUT2D eigenvalue weighted by Crippen LogP contribution is 2.30. The molecule has 6 nitrogen and oxygen atoms in total. The lowest BCUT2D eigenvalue weighted by Crippen LogP contribution is -2.25. The Morgan fingerprint density at radius 3 is 2.58 bits per heavy atom. The van der Waals surface area contributed by atoms with E-state index in [0.717, 1.165) is 19.3 Å². The minimum atomic E-state index is -0.469. The summed E-state index contributed by atoms with van der Waals surface area (Å²) in [4.78, 5) is 25.0. The number of unbranched alkanes of at least 4 members (excludes halogenated alkanes) is 5. The number of hydrogen-bond acceptors (Lipinski definition) is 6. The molecule has 31 heavy (non-hydrogen) atoms. The minimum Gasteiger partial charge on any atom is -0.493 e. The minimum absolute atomic E-state index is 0.0105. The van der Waals surface area contributed by atoms with Gasteiger partial charge in [-0.05, 0) is 41.6 Å². The van der Waals surface area contributed by atoms with Crippen molar-refractivity contribution in [3.05, 3.63) is 51.7 Å². The monoisotopic (exact) mass is 440 g/mol. The van der Waals surface area contributed by atoms with Gasteiger partial charge in [0, 0.05) is 6.54 Å². The fourth-order valence-corrected chi connectivity index (χ4v) is 3.52. The van der Waals surface area contributed by atoms with E-state index in [0.29, 0.717) is 22.7 Å². The zero-order chi connectivity index (χ0) is 22.5. The Bertz CT molecular complexity index is 930. The van der Waals surface area contributed by atoms with Crippen LogP contribution in [0.15, 0.2) is 41.3 Å². The van der Waals surface area contributed by atoms with Crippen molar-refractivity contribution in [3.63, 3.8) is 0 Å². The summed E-state index contributed by atoms with van der Waals surface area (Å²) in [6, 6.07) is 10.3. The zero-order valence-corrected chi connectivity index (χ0v) is 18.8. The summed E-state index contributed by atoms with van der Waals surface area (Å²) in [5.74, 6) is -0.265. The molecule has 0 aliphatic rings. The predicted molar refractivity (Wildman–Crippen MR) is 122 cm³/mol. The molecule has 1 heterocycles. The van der Waals surface area contributed by atoms with Crippen molar-refractivity contribution in [2.24, 2.45) is 0 Å². The van der Waals surface area contributed by atoms with E-state index in [1.807, 2.05) is 6.07 Å². The summed E-state index contributed by atoms with van der Waals surface area (Å²) in [6.45, 7) is 2.72. The highest BCUT2D eigenvalue weighted by Gasteiger charge is 2.14. The second-order valence-corrected chi connectivity index (χ2v) is 7.92. The number of nitrogens with one attached hydrogen (secondary N) is 1. The molecule has 0 spiro atoms. The van der Waals surface area contributed by atoms with Crippen LogP contribution in [0.5, 0.6) is 11.5 Å². The van der Waals surface area contributed by atoms with E-state index < -0.39 is 11.9 Å². The first-order valence-electron chi connectivity index (χ1n) is 10.4. The Hall–Kier alpha value is -3.11. The molecule has 0 unspecified atom stereocenters. The summed E-state index contributed by atoms with van der Waals surface area (Å²) in [5, 5.41) is 14.0. The first-order chi connectivity index (χ1) is 15.1. The molecule has 1 N–H and O–H groups in total. The number of nitriles is 1. The molecule has 0 radical (unpaired) electrons. The van der Waals surface area contributed by atoms with E-state index in [9.17, 15) is 14.9 Å². The molecule has 2 rings (SSSR count). The van der Waals surface area contributed by atoms with E-state index in [1.165, 1.54) is 43.8 Å². The summed E-state index contributed by atoms with van der Waals surface area (Å²) < 4.78 is 10.7. The van der Waals surface area contributed by atoms with Crippen LogP contribution < -0.4 is 14.8 Å². The number of benzene rings is 1. The molecule has 0 atom stereocenters. The molecular weight excluding hydrogens is 412 g/mol. The van der Waals surface area contributed by atoms with Crippen molar-refractivity contribution in [2.45, 2.75) is 45.4 Å². The van der Waals surface area contributed by atoms with Crippen LogP contribution in [0.4, 0.5) is 0 Å². The van der Waals surface area contributed by atoms with Gasteiger partial charge in [0.1, 0.15) is 16.5 Å². The van der Waals surface area contributed by atoms with Gasteiger partial charge in [-0.3, -0.25) is 4.79 Å². The molecule has 7 heteroatoms. The third-order valence-electron chi connectivity index (χ3n) is 4.60. The smallest absolute Gasteiger partial charge is 0.353 e. The number of hydrogen-bond donors (Lipinski definition) is 1. The van der Waals surface area contributed by atoms with Gasteiger partial charge in [0.2, 0.25) is 0 Å². The van der Waals surface area contributed by atoms with Gasteiger partial charge < -0.3 is 14.8 Å². The Morgan fingerprint density at radius 2 is 1.90 bits per heavy atom. The fraction of sp³-hybridized carbons (Fsp3) is 0.375. The Labute approximate surface area is 187 Å². The van der Waals surface area contributed by atoms with Crippen LogP contribution in [0.2, 0.25) is 0 Å². The van der Waals surface area contributed by atoms with E-state index in [2.05, 4.69) is 12.2 Å². The lowest BCUT2D eigenvalue weighted by atomic mass is 10.1. The van der Waals surface area contributed by atoms with Gasteiger partial charge in [-0.1, -0.05) is 51.2 Å². The van der Waals surface area contributed by atoms with Crippen LogP contribution >= 0.6 is 11.3 Å². The maximum Gasteiger partial charge on any atom is 0.353 e. The Balaban J connectivity index is 1.97. The van der Waals surface area contributed by atoms with Crippen molar-refractivity contribution in [2.75, 3.05) is 13.7 Å². The summed E-state index contributed by atoms with van der Waals surface area (Å²) in [6.07, 6.45) is 8.27. The largest absolute Gasteiger partial charge is 0.493 e. The fourth-order valence-electron chi connectivity index (χ4n) is 2.92. The number of carbonyl (C=O) groups is 2. The first-order valence-corrected chi connectivity index (χ1v) is 11.3. The van der Waals surface area contributed by atoms with Crippen LogP contribution in [0.25, 0.3) is 6.08 Å².